The third-order valence-corrected chi connectivity index (χ3v) is 2.70. The lowest BCUT2D eigenvalue weighted by Crippen LogP contribution is -2.01. The standard InChI is InChI=1S/C11H10F2O/c1-5-4-8(14)10-9(5)7(12)3-6(2)11(10)13/h3,5H,4H2,1-2H3. The van der Waals surface area contributed by atoms with Gasteiger partial charge >= 0.3 is 0 Å². The Morgan fingerprint density at radius 2 is 2.07 bits per heavy atom. The van der Waals surface area contributed by atoms with Crippen LogP contribution in [0.2, 0.25) is 0 Å². The molecule has 0 radical (unpaired) electrons. The summed E-state index contributed by atoms with van der Waals surface area (Å²) >= 11 is 0. The van der Waals surface area contributed by atoms with Gasteiger partial charge < -0.3 is 0 Å². The second-order valence-corrected chi connectivity index (χ2v) is 3.81. The summed E-state index contributed by atoms with van der Waals surface area (Å²) in [6.45, 7) is 3.20. The monoisotopic (exact) mass is 196 g/mol. The van der Waals surface area contributed by atoms with E-state index < -0.39 is 11.6 Å². The Morgan fingerprint density at radius 3 is 2.71 bits per heavy atom. The van der Waals surface area contributed by atoms with Crippen molar-refractivity contribution < 1.29 is 13.6 Å². The van der Waals surface area contributed by atoms with Crippen molar-refractivity contribution in [1.29, 1.82) is 0 Å². The first-order valence-electron chi connectivity index (χ1n) is 4.54. The highest BCUT2D eigenvalue weighted by Crippen LogP contribution is 2.37. The number of carbonyl (C=O) groups is 1. The van der Waals surface area contributed by atoms with Gasteiger partial charge in [-0.3, -0.25) is 4.79 Å². The first-order chi connectivity index (χ1) is 6.52. The molecule has 0 heterocycles. The Bertz CT molecular complexity index is 424. The predicted molar refractivity (Wildman–Crippen MR) is 48.5 cm³/mol. The van der Waals surface area contributed by atoms with Crippen molar-refractivity contribution in [2.24, 2.45) is 0 Å². The Morgan fingerprint density at radius 1 is 1.43 bits per heavy atom. The van der Waals surface area contributed by atoms with Crippen molar-refractivity contribution in [2.75, 3.05) is 0 Å². The van der Waals surface area contributed by atoms with E-state index in [9.17, 15) is 13.6 Å². The van der Waals surface area contributed by atoms with E-state index in [0.717, 1.165) is 6.07 Å². The van der Waals surface area contributed by atoms with Gasteiger partial charge in [0.05, 0.1) is 5.56 Å². The topological polar surface area (TPSA) is 17.1 Å². The van der Waals surface area contributed by atoms with Gasteiger partial charge in [0.15, 0.2) is 5.78 Å². The molecule has 3 heteroatoms. The molecule has 1 aliphatic carbocycles. The number of hydrogen-bond donors (Lipinski definition) is 0. The summed E-state index contributed by atoms with van der Waals surface area (Å²) in [7, 11) is 0. The summed E-state index contributed by atoms with van der Waals surface area (Å²) in [6, 6.07) is 1.16. The summed E-state index contributed by atoms with van der Waals surface area (Å²) in [4.78, 5) is 11.4. The smallest absolute Gasteiger partial charge is 0.166 e. The van der Waals surface area contributed by atoms with Crippen molar-refractivity contribution in [1.82, 2.24) is 0 Å². The number of fused-ring (bicyclic) bond motifs is 1. The number of aryl methyl sites for hydroxylation is 1. The number of benzene rings is 1. The summed E-state index contributed by atoms with van der Waals surface area (Å²) in [5.74, 6) is -1.51. The summed E-state index contributed by atoms with van der Waals surface area (Å²) < 4.78 is 27.0. The maximum Gasteiger partial charge on any atom is 0.166 e. The van der Waals surface area contributed by atoms with Crippen LogP contribution < -0.4 is 0 Å². The molecule has 0 aliphatic heterocycles. The Balaban J connectivity index is 2.79. The molecule has 74 valence electrons. The fraction of sp³-hybridized carbons (Fsp3) is 0.364. The number of halogens is 2. The normalized spacial score (nSPS) is 20.0. The van der Waals surface area contributed by atoms with E-state index in [0.29, 0.717) is 0 Å². The maximum absolute atomic E-state index is 13.5. The third kappa shape index (κ3) is 1.08. The average molecular weight is 196 g/mol. The van der Waals surface area contributed by atoms with Crippen LogP contribution in [0.15, 0.2) is 6.07 Å². The molecule has 0 amide bonds. The van der Waals surface area contributed by atoms with Crippen molar-refractivity contribution in [2.45, 2.75) is 26.2 Å². The van der Waals surface area contributed by atoms with E-state index >= 15 is 0 Å². The van der Waals surface area contributed by atoms with Gasteiger partial charge in [-0.2, -0.15) is 0 Å². The molecule has 1 unspecified atom stereocenters. The Kier molecular flexibility index (Phi) is 1.91. The minimum absolute atomic E-state index is 0.0324. The second kappa shape index (κ2) is 2.87. The van der Waals surface area contributed by atoms with Crippen LogP contribution in [0.1, 0.15) is 40.7 Å². The summed E-state index contributed by atoms with van der Waals surface area (Å²) in [5, 5.41) is 0. The van der Waals surface area contributed by atoms with E-state index in [-0.39, 0.29) is 34.8 Å². The molecule has 14 heavy (non-hydrogen) atoms. The zero-order chi connectivity index (χ0) is 10.5. The van der Waals surface area contributed by atoms with E-state index in [1.165, 1.54) is 6.92 Å². The Hall–Kier alpha value is -1.25. The average Bonchev–Trinajstić information content (AvgIpc) is 2.38. The Labute approximate surface area is 80.7 Å². The van der Waals surface area contributed by atoms with Crippen LogP contribution in [-0.2, 0) is 0 Å². The minimum Gasteiger partial charge on any atom is -0.294 e. The summed E-state index contributed by atoms with van der Waals surface area (Å²) in [6.07, 6.45) is 0.215. The highest BCUT2D eigenvalue weighted by molar-refractivity contribution is 6.01. The predicted octanol–water partition coefficient (Wildman–Crippen LogP) is 2.96. The zero-order valence-electron chi connectivity index (χ0n) is 8.03. The van der Waals surface area contributed by atoms with Crippen LogP contribution in [0.5, 0.6) is 0 Å². The zero-order valence-corrected chi connectivity index (χ0v) is 8.03. The van der Waals surface area contributed by atoms with Gasteiger partial charge in [0.25, 0.3) is 0 Å². The molecule has 0 bridgehead atoms. The molecule has 2 rings (SSSR count). The molecule has 0 N–H and O–H groups in total. The molecule has 0 aromatic heterocycles. The molecule has 0 spiro atoms. The molecule has 0 saturated heterocycles. The molecule has 1 nitrogen and oxygen atoms in total. The number of Topliss-reactive ketones (excluding diaryl/α,β-unsaturated/α-hetero) is 1. The van der Waals surface area contributed by atoms with Crippen LogP contribution in [0, 0.1) is 18.6 Å². The summed E-state index contributed by atoms with van der Waals surface area (Å²) in [5.41, 5.74) is 0.414. The molecule has 0 fully saturated rings. The van der Waals surface area contributed by atoms with Crippen molar-refractivity contribution in [3.63, 3.8) is 0 Å². The lowest BCUT2D eigenvalue weighted by Gasteiger charge is -2.07. The molecule has 1 atom stereocenters. The number of rotatable bonds is 0. The molecular weight excluding hydrogens is 186 g/mol. The van der Waals surface area contributed by atoms with Crippen molar-refractivity contribution in [3.8, 4) is 0 Å². The second-order valence-electron chi connectivity index (χ2n) is 3.81. The molecule has 1 aromatic rings. The largest absolute Gasteiger partial charge is 0.294 e. The molecule has 1 aliphatic rings. The first kappa shape index (κ1) is 9.31. The number of carbonyl (C=O) groups excluding carboxylic acids is 1. The van der Waals surface area contributed by atoms with E-state index in [4.69, 9.17) is 0 Å². The fourth-order valence-electron chi connectivity index (χ4n) is 2.00. The van der Waals surface area contributed by atoms with Gasteiger partial charge in [0.1, 0.15) is 11.6 Å². The van der Waals surface area contributed by atoms with Gasteiger partial charge in [0, 0.05) is 12.0 Å². The third-order valence-electron chi connectivity index (χ3n) is 2.70. The van der Waals surface area contributed by atoms with Crippen LogP contribution in [-0.4, -0.2) is 5.78 Å². The van der Waals surface area contributed by atoms with E-state index in [2.05, 4.69) is 0 Å². The van der Waals surface area contributed by atoms with Gasteiger partial charge in [-0.1, -0.05) is 6.92 Å². The number of hydrogen-bond acceptors (Lipinski definition) is 1. The minimum atomic E-state index is -0.559. The highest BCUT2D eigenvalue weighted by Gasteiger charge is 2.32. The fourth-order valence-corrected chi connectivity index (χ4v) is 2.00. The van der Waals surface area contributed by atoms with E-state index in [1.807, 2.05) is 0 Å². The van der Waals surface area contributed by atoms with Gasteiger partial charge in [-0.25, -0.2) is 8.78 Å². The lowest BCUT2D eigenvalue weighted by molar-refractivity contribution is 0.0986. The maximum atomic E-state index is 13.5. The quantitative estimate of drug-likeness (QED) is 0.623. The number of ketones is 1. The van der Waals surface area contributed by atoms with Crippen LogP contribution in [0.3, 0.4) is 0 Å². The SMILES string of the molecule is Cc1cc(F)c2c(c1F)C(=O)CC2C. The molecule has 0 saturated carbocycles. The van der Waals surface area contributed by atoms with Crippen LogP contribution in [0.25, 0.3) is 0 Å². The van der Waals surface area contributed by atoms with Crippen molar-refractivity contribution in [3.05, 3.63) is 34.4 Å². The van der Waals surface area contributed by atoms with E-state index in [1.54, 1.807) is 6.92 Å². The van der Waals surface area contributed by atoms with Gasteiger partial charge in [-0.15, -0.1) is 0 Å². The van der Waals surface area contributed by atoms with Gasteiger partial charge in [-0.05, 0) is 24.5 Å². The van der Waals surface area contributed by atoms with Crippen LogP contribution >= 0.6 is 0 Å². The highest BCUT2D eigenvalue weighted by atomic mass is 19.1. The first-order valence-corrected chi connectivity index (χ1v) is 4.54. The molecule has 1 aromatic carbocycles. The van der Waals surface area contributed by atoms with Gasteiger partial charge in [0.2, 0.25) is 0 Å². The van der Waals surface area contributed by atoms with Crippen molar-refractivity contribution >= 4 is 5.78 Å². The van der Waals surface area contributed by atoms with Crippen LogP contribution in [0.4, 0.5) is 8.78 Å². The lowest BCUT2D eigenvalue weighted by atomic mass is 10.0. The molecular formula is C11H10F2O.